The molecule has 0 unspecified atom stereocenters. The second kappa shape index (κ2) is 7.12. The lowest BCUT2D eigenvalue weighted by Gasteiger charge is -2.29. The van der Waals surface area contributed by atoms with Gasteiger partial charge in [-0.3, -0.25) is 4.79 Å². The van der Waals surface area contributed by atoms with Crippen LogP contribution in [0.4, 0.5) is 0 Å². The van der Waals surface area contributed by atoms with E-state index in [1.165, 1.54) is 31.0 Å². The minimum atomic E-state index is 0.118. The van der Waals surface area contributed by atoms with Gasteiger partial charge in [0, 0.05) is 11.8 Å². The molecule has 2 atom stereocenters. The van der Waals surface area contributed by atoms with Crippen molar-refractivity contribution in [3.8, 4) is 0 Å². The molecule has 1 aliphatic carbocycles. The first kappa shape index (κ1) is 12.8. The fourth-order valence-electron chi connectivity index (χ4n) is 2.01. The summed E-state index contributed by atoms with van der Waals surface area (Å²) < 4.78 is 0. The maximum atomic E-state index is 11.5. The number of hydrogen-bond donors (Lipinski definition) is 2. The van der Waals surface area contributed by atoms with Crippen LogP contribution in [-0.4, -0.2) is 35.2 Å². The van der Waals surface area contributed by atoms with E-state index in [1.807, 2.05) is 0 Å². The highest BCUT2D eigenvalue weighted by Gasteiger charge is 2.22. The van der Waals surface area contributed by atoms with Crippen LogP contribution >= 0.6 is 11.8 Å². The molecule has 1 aliphatic rings. The second-order valence-electron chi connectivity index (χ2n) is 4.21. The van der Waals surface area contributed by atoms with Gasteiger partial charge in [-0.15, -0.1) is 11.8 Å². The van der Waals surface area contributed by atoms with Crippen LogP contribution in [0.3, 0.4) is 0 Å². The number of thioether (sulfide) groups is 1. The highest BCUT2D eigenvalue weighted by Crippen LogP contribution is 2.23. The molecule has 0 saturated heterocycles. The third-order valence-corrected chi connectivity index (χ3v) is 3.86. The Morgan fingerprint density at radius 1 is 1.47 bits per heavy atom. The van der Waals surface area contributed by atoms with Crippen molar-refractivity contribution in [1.29, 1.82) is 0 Å². The maximum absolute atomic E-state index is 11.5. The molecule has 4 heteroatoms. The first-order valence-electron chi connectivity index (χ1n) is 5.72. The van der Waals surface area contributed by atoms with E-state index in [4.69, 9.17) is 5.11 Å². The summed E-state index contributed by atoms with van der Waals surface area (Å²) in [4.78, 5) is 11.5. The van der Waals surface area contributed by atoms with E-state index in [-0.39, 0.29) is 12.5 Å². The van der Waals surface area contributed by atoms with E-state index < -0.39 is 0 Å². The number of nitrogens with one attached hydrogen (secondary N) is 1. The number of hydrogen-bond acceptors (Lipinski definition) is 3. The van der Waals surface area contributed by atoms with Crippen molar-refractivity contribution >= 4 is 17.7 Å². The molecule has 15 heavy (non-hydrogen) atoms. The molecule has 0 bridgehead atoms. The molecule has 1 amide bonds. The van der Waals surface area contributed by atoms with Crippen LogP contribution in [0, 0.1) is 5.92 Å². The van der Waals surface area contributed by atoms with E-state index in [1.54, 1.807) is 0 Å². The van der Waals surface area contributed by atoms with Gasteiger partial charge in [-0.25, -0.2) is 0 Å². The summed E-state index contributed by atoms with van der Waals surface area (Å²) in [5, 5.41) is 11.7. The lowest BCUT2D eigenvalue weighted by molar-refractivity contribution is -0.119. The topological polar surface area (TPSA) is 49.3 Å². The molecule has 2 N–H and O–H groups in total. The SMILES string of the molecule is C[C@H]1CCCC[C@@H]1NC(=O)CSCCO. The highest BCUT2D eigenvalue weighted by molar-refractivity contribution is 7.99. The van der Waals surface area contributed by atoms with Crippen LogP contribution in [0.2, 0.25) is 0 Å². The highest BCUT2D eigenvalue weighted by atomic mass is 32.2. The predicted octanol–water partition coefficient (Wildman–Crippen LogP) is 1.41. The lowest BCUT2D eigenvalue weighted by Crippen LogP contribution is -2.41. The Morgan fingerprint density at radius 2 is 2.20 bits per heavy atom. The van der Waals surface area contributed by atoms with Gasteiger partial charge in [0.05, 0.1) is 12.4 Å². The van der Waals surface area contributed by atoms with Crippen LogP contribution in [0.25, 0.3) is 0 Å². The monoisotopic (exact) mass is 231 g/mol. The summed E-state index contributed by atoms with van der Waals surface area (Å²) in [5.41, 5.74) is 0. The zero-order valence-corrected chi connectivity index (χ0v) is 10.2. The molecule has 0 heterocycles. The van der Waals surface area contributed by atoms with Gasteiger partial charge < -0.3 is 10.4 Å². The molecule has 1 saturated carbocycles. The molecule has 0 aromatic rings. The predicted molar refractivity (Wildman–Crippen MR) is 64.0 cm³/mol. The van der Waals surface area contributed by atoms with Crippen molar-refractivity contribution < 1.29 is 9.90 Å². The van der Waals surface area contributed by atoms with Gasteiger partial charge in [0.2, 0.25) is 5.91 Å². The Balaban J connectivity index is 2.18. The number of aliphatic hydroxyl groups excluding tert-OH is 1. The summed E-state index contributed by atoms with van der Waals surface area (Å²) in [6, 6.07) is 0.376. The minimum absolute atomic E-state index is 0.118. The van der Waals surface area contributed by atoms with Crippen LogP contribution in [0.1, 0.15) is 32.6 Å². The molecule has 0 aromatic heterocycles. The number of rotatable bonds is 5. The Bertz CT molecular complexity index is 199. The zero-order valence-electron chi connectivity index (χ0n) is 9.37. The number of carbonyl (C=O) groups excluding carboxylic acids is 1. The Morgan fingerprint density at radius 3 is 2.87 bits per heavy atom. The Hall–Kier alpha value is -0.220. The summed E-state index contributed by atoms with van der Waals surface area (Å²) in [6.45, 7) is 2.36. The molecule has 88 valence electrons. The van der Waals surface area contributed by atoms with Crippen molar-refractivity contribution in [3.05, 3.63) is 0 Å². The fourth-order valence-corrected chi connectivity index (χ4v) is 2.55. The third-order valence-electron chi connectivity index (χ3n) is 2.93. The Kier molecular flexibility index (Phi) is 6.10. The van der Waals surface area contributed by atoms with E-state index >= 15 is 0 Å². The molecule has 0 radical (unpaired) electrons. The van der Waals surface area contributed by atoms with Crippen LogP contribution in [0.15, 0.2) is 0 Å². The van der Waals surface area contributed by atoms with E-state index in [0.717, 1.165) is 6.42 Å². The number of aliphatic hydroxyl groups is 1. The molecule has 0 spiro atoms. The molecule has 0 aliphatic heterocycles. The molecule has 1 fully saturated rings. The smallest absolute Gasteiger partial charge is 0.230 e. The zero-order chi connectivity index (χ0) is 11.1. The normalized spacial score (nSPS) is 26.3. The van der Waals surface area contributed by atoms with Gasteiger partial charge in [-0.1, -0.05) is 19.8 Å². The average Bonchev–Trinajstić information content (AvgIpc) is 2.22. The van der Waals surface area contributed by atoms with E-state index in [0.29, 0.717) is 23.5 Å². The standard InChI is InChI=1S/C11H21NO2S/c1-9-4-2-3-5-10(9)12-11(14)8-15-7-6-13/h9-10,13H,2-8H2,1H3,(H,12,14)/t9-,10-/m0/s1. The van der Waals surface area contributed by atoms with Gasteiger partial charge in [-0.05, 0) is 18.8 Å². The van der Waals surface area contributed by atoms with Gasteiger partial charge in [0.1, 0.15) is 0 Å². The van der Waals surface area contributed by atoms with Crippen molar-refractivity contribution in [2.24, 2.45) is 5.92 Å². The van der Waals surface area contributed by atoms with Gasteiger partial charge >= 0.3 is 0 Å². The van der Waals surface area contributed by atoms with Crippen LogP contribution in [-0.2, 0) is 4.79 Å². The molecular weight excluding hydrogens is 210 g/mol. The Labute approximate surface area is 96.0 Å². The molecule has 3 nitrogen and oxygen atoms in total. The van der Waals surface area contributed by atoms with Crippen molar-refractivity contribution in [2.45, 2.75) is 38.6 Å². The van der Waals surface area contributed by atoms with Crippen molar-refractivity contribution in [3.63, 3.8) is 0 Å². The minimum Gasteiger partial charge on any atom is -0.396 e. The fraction of sp³-hybridized carbons (Fsp3) is 0.909. The van der Waals surface area contributed by atoms with Gasteiger partial charge in [-0.2, -0.15) is 0 Å². The van der Waals surface area contributed by atoms with E-state index in [2.05, 4.69) is 12.2 Å². The second-order valence-corrected chi connectivity index (χ2v) is 5.32. The van der Waals surface area contributed by atoms with Crippen LogP contribution < -0.4 is 5.32 Å². The summed E-state index contributed by atoms with van der Waals surface area (Å²) >= 11 is 1.49. The maximum Gasteiger partial charge on any atom is 0.230 e. The first-order chi connectivity index (χ1) is 7.24. The average molecular weight is 231 g/mol. The summed E-state index contributed by atoms with van der Waals surface area (Å²) in [5.74, 6) is 1.86. The van der Waals surface area contributed by atoms with Crippen molar-refractivity contribution in [2.75, 3.05) is 18.1 Å². The van der Waals surface area contributed by atoms with Crippen molar-refractivity contribution in [1.82, 2.24) is 5.32 Å². The summed E-state index contributed by atoms with van der Waals surface area (Å²) in [6.07, 6.45) is 4.89. The lowest BCUT2D eigenvalue weighted by atomic mass is 9.86. The molecule has 0 aromatic carbocycles. The number of carbonyl (C=O) groups is 1. The number of amides is 1. The largest absolute Gasteiger partial charge is 0.396 e. The first-order valence-corrected chi connectivity index (χ1v) is 6.87. The summed E-state index contributed by atoms with van der Waals surface area (Å²) in [7, 11) is 0. The quantitative estimate of drug-likeness (QED) is 0.703. The van der Waals surface area contributed by atoms with Crippen LogP contribution in [0.5, 0.6) is 0 Å². The van der Waals surface area contributed by atoms with Gasteiger partial charge in [0.15, 0.2) is 0 Å². The van der Waals surface area contributed by atoms with Gasteiger partial charge in [0.25, 0.3) is 0 Å². The van der Waals surface area contributed by atoms with E-state index in [9.17, 15) is 4.79 Å². The third kappa shape index (κ3) is 4.89. The molecular formula is C11H21NO2S. The molecule has 1 rings (SSSR count).